The summed E-state index contributed by atoms with van der Waals surface area (Å²) in [6.45, 7) is 4.46. The van der Waals surface area contributed by atoms with Gasteiger partial charge in [-0.3, -0.25) is 4.90 Å². The Kier molecular flexibility index (Phi) is 3.44. The van der Waals surface area contributed by atoms with Gasteiger partial charge in [-0.05, 0) is 44.4 Å². The summed E-state index contributed by atoms with van der Waals surface area (Å²) in [4.78, 5) is 2.61. The maximum absolute atomic E-state index is 9.31. The summed E-state index contributed by atoms with van der Waals surface area (Å²) in [7, 11) is 0. The van der Waals surface area contributed by atoms with Crippen LogP contribution in [0.25, 0.3) is 0 Å². The van der Waals surface area contributed by atoms with Crippen LogP contribution in [0, 0.1) is 18.3 Å². The van der Waals surface area contributed by atoms with E-state index in [-0.39, 0.29) is 0 Å². The van der Waals surface area contributed by atoms with Crippen LogP contribution in [0.15, 0.2) is 18.2 Å². The smallest absolute Gasteiger partial charge is 0.102 e. The molecule has 0 aromatic heterocycles. The first-order valence-corrected chi connectivity index (χ1v) is 7.30. The molecule has 1 N–H and O–H groups in total. The molecule has 1 aromatic rings. The second kappa shape index (κ2) is 5.22. The SMILES string of the molecule is Cc1cccc(NC2CCN3CCCCC23)c1C#N. The van der Waals surface area contributed by atoms with Gasteiger partial charge in [-0.25, -0.2) is 0 Å². The highest BCUT2D eigenvalue weighted by Gasteiger charge is 2.35. The molecule has 3 nitrogen and oxygen atoms in total. The van der Waals surface area contributed by atoms with Gasteiger partial charge in [0.1, 0.15) is 6.07 Å². The third-order valence-corrected chi connectivity index (χ3v) is 4.58. The molecule has 2 fully saturated rings. The first-order chi connectivity index (χ1) is 9.29. The summed E-state index contributed by atoms with van der Waals surface area (Å²) < 4.78 is 0. The quantitative estimate of drug-likeness (QED) is 0.883. The average Bonchev–Trinajstić information content (AvgIpc) is 2.83. The number of benzene rings is 1. The number of nitrogens with one attached hydrogen (secondary N) is 1. The Hall–Kier alpha value is -1.53. The van der Waals surface area contributed by atoms with Crippen LogP contribution in [0.3, 0.4) is 0 Å². The fourth-order valence-corrected chi connectivity index (χ4v) is 3.55. The molecule has 0 spiro atoms. The Morgan fingerprint density at radius 2 is 2.16 bits per heavy atom. The largest absolute Gasteiger partial charge is 0.380 e. The summed E-state index contributed by atoms with van der Waals surface area (Å²) >= 11 is 0. The van der Waals surface area contributed by atoms with E-state index in [0.29, 0.717) is 12.1 Å². The molecule has 3 heteroatoms. The first-order valence-electron chi connectivity index (χ1n) is 7.30. The molecule has 0 bridgehead atoms. The lowest BCUT2D eigenvalue weighted by molar-refractivity contribution is 0.193. The zero-order chi connectivity index (χ0) is 13.2. The molecule has 2 aliphatic rings. The fraction of sp³-hybridized carbons (Fsp3) is 0.562. The molecule has 0 amide bonds. The number of aryl methyl sites for hydroxylation is 1. The summed E-state index contributed by atoms with van der Waals surface area (Å²) in [6.07, 6.45) is 5.18. The summed E-state index contributed by atoms with van der Waals surface area (Å²) in [5.74, 6) is 0. The van der Waals surface area contributed by atoms with Crippen molar-refractivity contribution in [3.8, 4) is 6.07 Å². The molecule has 2 saturated heterocycles. The highest BCUT2D eigenvalue weighted by Crippen LogP contribution is 2.30. The molecule has 2 heterocycles. The number of anilines is 1. The van der Waals surface area contributed by atoms with Crippen molar-refractivity contribution < 1.29 is 0 Å². The molecule has 19 heavy (non-hydrogen) atoms. The minimum atomic E-state index is 0.509. The van der Waals surface area contributed by atoms with Gasteiger partial charge in [-0.2, -0.15) is 5.26 Å². The Balaban J connectivity index is 1.79. The topological polar surface area (TPSA) is 39.1 Å². The van der Waals surface area contributed by atoms with Crippen molar-refractivity contribution in [2.75, 3.05) is 18.4 Å². The van der Waals surface area contributed by atoms with Gasteiger partial charge in [0.05, 0.1) is 11.3 Å². The molecule has 0 aliphatic carbocycles. The number of nitriles is 1. The van der Waals surface area contributed by atoms with Crippen LogP contribution >= 0.6 is 0 Å². The maximum atomic E-state index is 9.31. The molecule has 0 radical (unpaired) electrons. The molecule has 2 aliphatic heterocycles. The van der Waals surface area contributed by atoms with Gasteiger partial charge >= 0.3 is 0 Å². The standard InChI is InChI=1S/C16H21N3/c1-12-5-4-6-14(13(12)11-17)18-15-8-10-19-9-3-2-7-16(15)19/h4-6,15-16,18H,2-3,7-10H2,1H3. The first kappa shape index (κ1) is 12.5. The zero-order valence-corrected chi connectivity index (χ0v) is 11.5. The number of piperidine rings is 1. The van der Waals surface area contributed by atoms with Crippen molar-refractivity contribution in [3.63, 3.8) is 0 Å². The molecular formula is C16H21N3. The van der Waals surface area contributed by atoms with Gasteiger partial charge in [-0.15, -0.1) is 0 Å². The third kappa shape index (κ3) is 2.33. The van der Waals surface area contributed by atoms with E-state index in [9.17, 15) is 5.26 Å². The molecule has 100 valence electrons. The van der Waals surface area contributed by atoms with Crippen LogP contribution in [0.5, 0.6) is 0 Å². The van der Waals surface area contributed by atoms with Crippen LogP contribution < -0.4 is 5.32 Å². The van der Waals surface area contributed by atoms with E-state index in [1.807, 2.05) is 25.1 Å². The number of nitrogens with zero attached hydrogens (tertiary/aromatic N) is 2. The number of rotatable bonds is 2. The fourth-order valence-electron chi connectivity index (χ4n) is 3.55. The summed E-state index contributed by atoms with van der Waals surface area (Å²) in [6, 6.07) is 9.59. The van der Waals surface area contributed by atoms with Crippen molar-refractivity contribution in [1.82, 2.24) is 4.90 Å². The van der Waals surface area contributed by atoms with Gasteiger partial charge in [0.15, 0.2) is 0 Å². The van der Waals surface area contributed by atoms with Crippen LogP contribution in [0.2, 0.25) is 0 Å². The highest BCUT2D eigenvalue weighted by molar-refractivity contribution is 5.61. The third-order valence-electron chi connectivity index (χ3n) is 4.58. The van der Waals surface area contributed by atoms with E-state index >= 15 is 0 Å². The van der Waals surface area contributed by atoms with Gasteiger partial charge < -0.3 is 5.32 Å². The van der Waals surface area contributed by atoms with Crippen molar-refractivity contribution >= 4 is 5.69 Å². The predicted molar refractivity (Wildman–Crippen MR) is 77.1 cm³/mol. The van der Waals surface area contributed by atoms with Crippen molar-refractivity contribution in [2.24, 2.45) is 0 Å². The van der Waals surface area contributed by atoms with Crippen LogP contribution in [0.1, 0.15) is 36.8 Å². The predicted octanol–water partition coefficient (Wildman–Crippen LogP) is 2.91. The molecule has 2 atom stereocenters. The van der Waals surface area contributed by atoms with E-state index in [0.717, 1.165) is 16.8 Å². The van der Waals surface area contributed by atoms with Gasteiger partial charge in [-0.1, -0.05) is 18.6 Å². The van der Waals surface area contributed by atoms with Crippen molar-refractivity contribution in [3.05, 3.63) is 29.3 Å². The highest BCUT2D eigenvalue weighted by atomic mass is 15.2. The Morgan fingerprint density at radius 3 is 3.00 bits per heavy atom. The second-order valence-electron chi connectivity index (χ2n) is 5.75. The average molecular weight is 255 g/mol. The lowest BCUT2D eigenvalue weighted by Crippen LogP contribution is -2.41. The molecule has 3 rings (SSSR count). The minimum absolute atomic E-state index is 0.509. The van der Waals surface area contributed by atoms with Crippen LogP contribution in [0.4, 0.5) is 5.69 Å². The second-order valence-corrected chi connectivity index (χ2v) is 5.75. The Bertz CT molecular complexity index is 503. The van der Waals surface area contributed by atoms with Gasteiger partial charge in [0.25, 0.3) is 0 Å². The van der Waals surface area contributed by atoms with E-state index in [1.54, 1.807) is 0 Å². The lowest BCUT2D eigenvalue weighted by atomic mass is 9.98. The van der Waals surface area contributed by atoms with Crippen LogP contribution in [-0.2, 0) is 0 Å². The van der Waals surface area contributed by atoms with Crippen molar-refractivity contribution in [1.29, 1.82) is 5.26 Å². The molecule has 0 saturated carbocycles. The number of fused-ring (bicyclic) bond motifs is 1. The molecule has 2 unspecified atom stereocenters. The number of hydrogen-bond acceptors (Lipinski definition) is 3. The Morgan fingerprint density at radius 1 is 1.26 bits per heavy atom. The van der Waals surface area contributed by atoms with Gasteiger partial charge in [0, 0.05) is 18.6 Å². The van der Waals surface area contributed by atoms with E-state index in [1.165, 1.54) is 38.8 Å². The molecular weight excluding hydrogens is 234 g/mol. The maximum Gasteiger partial charge on any atom is 0.102 e. The summed E-state index contributed by atoms with van der Waals surface area (Å²) in [5, 5.41) is 12.9. The lowest BCUT2D eigenvalue weighted by Gasteiger charge is -2.33. The number of hydrogen-bond donors (Lipinski definition) is 1. The molecule has 1 aromatic carbocycles. The van der Waals surface area contributed by atoms with Crippen molar-refractivity contribution in [2.45, 2.75) is 44.7 Å². The van der Waals surface area contributed by atoms with Gasteiger partial charge in [0.2, 0.25) is 0 Å². The van der Waals surface area contributed by atoms with E-state index in [2.05, 4.69) is 16.3 Å². The normalized spacial score (nSPS) is 26.7. The zero-order valence-electron chi connectivity index (χ0n) is 11.5. The monoisotopic (exact) mass is 255 g/mol. The summed E-state index contributed by atoms with van der Waals surface area (Å²) in [5.41, 5.74) is 2.88. The minimum Gasteiger partial charge on any atom is -0.380 e. The Labute approximate surface area is 115 Å². The van der Waals surface area contributed by atoms with Crippen LogP contribution in [-0.4, -0.2) is 30.1 Å². The van der Waals surface area contributed by atoms with E-state index < -0.39 is 0 Å². The van der Waals surface area contributed by atoms with E-state index in [4.69, 9.17) is 0 Å².